The molecule has 0 bridgehead atoms. The predicted octanol–water partition coefficient (Wildman–Crippen LogP) is 8.65. The summed E-state index contributed by atoms with van der Waals surface area (Å²) in [5, 5.41) is 7.86. The van der Waals surface area contributed by atoms with E-state index in [-0.39, 0.29) is 36.3 Å². The lowest BCUT2D eigenvalue weighted by atomic mass is 10.2. The summed E-state index contributed by atoms with van der Waals surface area (Å²) in [5.41, 5.74) is 0. The molecule has 58 heavy (non-hydrogen) atoms. The fraction of sp³-hybridized carbons (Fsp3) is 0.833. The SMILES string of the molecule is CC(C)Nc1nc(SSc2nc(NC(C)C)nc(N(C(C)C)C(C)C)n2)nc(N(C(C)C)C(C)C)n1.CO[Si](CCCSSCCC[Si](OC)(OC)OC)(OC)OC. The monoisotopic (exact) mass is 926 g/mol. The number of aromatic nitrogens is 6. The molecule has 22 heteroatoms. The first-order valence-electron chi connectivity index (χ1n) is 19.9. The molecule has 2 heterocycles. The molecule has 2 aromatic rings. The van der Waals surface area contributed by atoms with Gasteiger partial charge in [-0.15, -0.1) is 0 Å². The summed E-state index contributed by atoms with van der Waals surface area (Å²) in [6, 6.07) is 3.08. The van der Waals surface area contributed by atoms with Crippen molar-refractivity contribution in [2.75, 3.05) is 74.6 Å². The largest absolute Gasteiger partial charge is 0.500 e. The van der Waals surface area contributed by atoms with Crippen LogP contribution in [0.3, 0.4) is 0 Å². The second kappa shape index (κ2) is 28.4. The minimum Gasteiger partial charge on any atom is -0.377 e. The van der Waals surface area contributed by atoms with E-state index >= 15 is 0 Å². The van der Waals surface area contributed by atoms with Crippen molar-refractivity contribution in [2.45, 2.75) is 155 Å². The van der Waals surface area contributed by atoms with Gasteiger partial charge in [-0.3, -0.25) is 0 Å². The Hall–Kier alpha value is -1.19. The standard InChI is InChI=1S/C24H44N10S2.C12H30O6S2Si2/c1-13(2)25-19-27-21(33(15(5)6)16(7)8)31-23(29-19)35-36-24-30-20(26-14(3)4)28-22(32-24)34(17(9)10)18(11)12;1-13-21(14-2,15-3)11-7-9-19-20-10-8-12-22(16-4,17-5)18-6/h13-18H,1-12H3,(H,25,27,29,31)(H,26,28,30,32);7-12H2,1-6H3. The van der Waals surface area contributed by atoms with E-state index in [0.29, 0.717) is 34.1 Å². The number of nitrogens with one attached hydrogen (secondary N) is 2. The van der Waals surface area contributed by atoms with E-state index in [1.54, 1.807) is 42.7 Å². The Morgan fingerprint density at radius 1 is 0.466 bits per heavy atom. The summed E-state index contributed by atoms with van der Waals surface area (Å²) < 4.78 is 32.4. The van der Waals surface area contributed by atoms with Gasteiger partial charge in [0, 0.05) is 103 Å². The molecule has 0 aliphatic rings. The van der Waals surface area contributed by atoms with Crippen LogP contribution in [0.1, 0.15) is 95.9 Å². The molecule has 0 fully saturated rings. The minimum atomic E-state index is -2.40. The highest BCUT2D eigenvalue weighted by Crippen LogP contribution is 2.36. The van der Waals surface area contributed by atoms with Crippen molar-refractivity contribution in [1.29, 1.82) is 0 Å². The van der Waals surface area contributed by atoms with Gasteiger partial charge in [-0.05, 0) is 118 Å². The lowest BCUT2D eigenvalue weighted by molar-refractivity contribution is 0.123. The molecule has 16 nitrogen and oxygen atoms in total. The number of anilines is 4. The van der Waals surface area contributed by atoms with Crippen LogP contribution in [0.5, 0.6) is 0 Å². The molecule has 2 N–H and O–H groups in total. The van der Waals surface area contributed by atoms with Gasteiger partial charge in [0.05, 0.1) is 0 Å². The van der Waals surface area contributed by atoms with Gasteiger partial charge in [-0.25, -0.2) is 0 Å². The Bertz CT molecular complexity index is 1280. The first-order valence-corrected chi connectivity index (χ1v) is 28.4. The molecule has 0 atom stereocenters. The van der Waals surface area contributed by atoms with Crippen LogP contribution in [-0.2, 0) is 26.6 Å². The van der Waals surface area contributed by atoms with Crippen LogP contribution < -0.4 is 20.4 Å². The van der Waals surface area contributed by atoms with E-state index in [1.165, 1.54) is 21.6 Å². The van der Waals surface area contributed by atoms with Crippen LogP contribution in [0.2, 0.25) is 12.1 Å². The molecule has 0 saturated carbocycles. The van der Waals surface area contributed by atoms with Crippen molar-refractivity contribution in [1.82, 2.24) is 29.9 Å². The third kappa shape index (κ3) is 19.2. The maximum absolute atomic E-state index is 5.40. The van der Waals surface area contributed by atoms with Crippen LogP contribution in [-0.4, -0.2) is 138 Å². The lowest BCUT2D eigenvalue weighted by Crippen LogP contribution is -2.42. The van der Waals surface area contributed by atoms with E-state index in [1.807, 2.05) is 21.6 Å². The molecule has 0 unspecified atom stereocenters. The van der Waals surface area contributed by atoms with Crippen LogP contribution in [0.25, 0.3) is 0 Å². The molecule has 0 aliphatic carbocycles. The Morgan fingerprint density at radius 2 is 0.759 bits per heavy atom. The maximum Gasteiger partial charge on any atom is 0.500 e. The van der Waals surface area contributed by atoms with E-state index < -0.39 is 17.6 Å². The summed E-state index contributed by atoms with van der Waals surface area (Å²) in [5.74, 6) is 4.55. The average Bonchev–Trinajstić information content (AvgIpc) is 3.14. The zero-order valence-corrected chi connectivity index (χ0v) is 43.6. The maximum atomic E-state index is 5.40. The van der Waals surface area contributed by atoms with Crippen molar-refractivity contribution in [2.24, 2.45) is 0 Å². The quantitative estimate of drug-likeness (QED) is 0.0473. The highest BCUT2D eigenvalue weighted by Gasteiger charge is 2.38. The predicted molar refractivity (Wildman–Crippen MR) is 252 cm³/mol. The third-order valence-electron chi connectivity index (χ3n) is 8.29. The Morgan fingerprint density at radius 3 is 1.00 bits per heavy atom. The molecule has 0 amide bonds. The van der Waals surface area contributed by atoms with Crippen molar-refractivity contribution in [3.8, 4) is 0 Å². The molecular weight excluding hydrogens is 853 g/mol. The van der Waals surface area contributed by atoms with E-state index in [9.17, 15) is 0 Å². The number of hydrogen-bond acceptors (Lipinski definition) is 20. The molecule has 0 aliphatic heterocycles. The number of hydrogen-bond donors (Lipinski definition) is 2. The topological polar surface area (TPSA) is 163 Å². The van der Waals surface area contributed by atoms with Gasteiger partial charge in [0.2, 0.25) is 34.1 Å². The average molecular weight is 927 g/mol. The Kier molecular flexibility index (Phi) is 26.9. The van der Waals surface area contributed by atoms with Gasteiger partial charge in [-0.1, -0.05) is 21.6 Å². The number of rotatable bonds is 28. The van der Waals surface area contributed by atoms with E-state index in [0.717, 1.165) is 36.4 Å². The fourth-order valence-corrected chi connectivity index (χ4v) is 13.4. The van der Waals surface area contributed by atoms with Crippen molar-refractivity contribution in [3.05, 3.63) is 0 Å². The van der Waals surface area contributed by atoms with Crippen LogP contribution in [0.4, 0.5) is 23.8 Å². The molecule has 2 rings (SSSR count). The fourth-order valence-electron chi connectivity index (χ4n) is 5.76. The third-order valence-corrected chi connectivity index (χ3v) is 18.4. The first kappa shape index (κ1) is 54.8. The molecule has 0 saturated heterocycles. The van der Waals surface area contributed by atoms with Crippen LogP contribution >= 0.6 is 43.2 Å². The minimum absolute atomic E-state index is 0.200. The summed E-state index contributed by atoms with van der Waals surface area (Å²) in [6.45, 7) is 25.4. The molecule has 0 aromatic carbocycles. The second-order valence-corrected chi connectivity index (χ2v) is 25.8. The van der Waals surface area contributed by atoms with Crippen molar-refractivity contribution in [3.63, 3.8) is 0 Å². The Labute approximate surface area is 368 Å². The van der Waals surface area contributed by atoms with Gasteiger partial charge in [0.25, 0.3) is 0 Å². The molecule has 0 radical (unpaired) electrons. The number of nitrogens with zero attached hydrogens (tertiary/aromatic N) is 8. The zero-order chi connectivity index (χ0) is 44.1. The lowest BCUT2D eigenvalue weighted by Gasteiger charge is -2.31. The zero-order valence-electron chi connectivity index (χ0n) is 38.4. The molecular formula is C36H74N10O6S4Si2. The van der Waals surface area contributed by atoms with E-state index in [4.69, 9.17) is 46.5 Å². The van der Waals surface area contributed by atoms with Gasteiger partial charge in [-0.2, -0.15) is 29.9 Å². The van der Waals surface area contributed by atoms with Crippen molar-refractivity contribution < 1.29 is 26.6 Å². The molecule has 0 spiro atoms. The van der Waals surface area contributed by atoms with Crippen LogP contribution in [0.15, 0.2) is 10.3 Å². The highest BCUT2D eigenvalue weighted by molar-refractivity contribution is 8.77. The van der Waals surface area contributed by atoms with Crippen LogP contribution in [0, 0.1) is 0 Å². The smallest absolute Gasteiger partial charge is 0.377 e. The molecule has 2 aromatic heterocycles. The van der Waals surface area contributed by atoms with Crippen molar-refractivity contribution >= 4 is 84.6 Å². The summed E-state index contributed by atoms with van der Waals surface area (Å²) in [6.07, 6.45) is 2.04. The normalized spacial score (nSPS) is 12.3. The second-order valence-electron chi connectivity index (χ2n) is 14.9. The summed E-state index contributed by atoms with van der Waals surface area (Å²) in [4.78, 5) is 32.7. The Balaban J connectivity index is 0.000000657. The van der Waals surface area contributed by atoms with Gasteiger partial charge in [0.1, 0.15) is 0 Å². The summed E-state index contributed by atoms with van der Waals surface area (Å²) >= 11 is 0. The van der Waals surface area contributed by atoms with Gasteiger partial charge in [0.15, 0.2) is 0 Å². The highest BCUT2D eigenvalue weighted by atomic mass is 33.1. The molecule has 336 valence electrons. The first-order chi connectivity index (χ1) is 27.3. The van der Waals surface area contributed by atoms with Gasteiger partial charge < -0.3 is 47.0 Å². The summed E-state index contributed by atoms with van der Waals surface area (Å²) in [7, 11) is 11.7. The van der Waals surface area contributed by atoms with Gasteiger partial charge >= 0.3 is 17.6 Å². The van der Waals surface area contributed by atoms with E-state index in [2.05, 4.69) is 113 Å².